The first-order valence-corrected chi connectivity index (χ1v) is 12.0. The molecule has 1 fully saturated rings. The fourth-order valence-electron chi connectivity index (χ4n) is 3.80. The summed E-state index contributed by atoms with van der Waals surface area (Å²) in [7, 11) is -3.75. The Morgan fingerprint density at radius 1 is 1.10 bits per heavy atom. The fourth-order valence-corrected chi connectivity index (χ4v) is 6.09. The Balaban J connectivity index is 1.56. The van der Waals surface area contributed by atoms with E-state index in [0.29, 0.717) is 5.69 Å². The van der Waals surface area contributed by atoms with Crippen molar-refractivity contribution in [3.63, 3.8) is 0 Å². The van der Waals surface area contributed by atoms with Crippen LogP contribution in [0.25, 0.3) is 10.1 Å². The Kier molecular flexibility index (Phi) is 5.94. The van der Waals surface area contributed by atoms with Crippen molar-refractivity contribution in [3.8, 4) is 0 Å². The first-order chi connectivity index (χ1) is 14.0. The summed E-state index contributed by atoms with van der Waals surface area (Å²) in [5.74, 6) is -0.336. The highest BCUT2D eigenvalue weighted by Crippen LogP contribution is 2.28. The molecule has 3 aromatic rings. The number of carbonyl (C=O) groups is 1. The van der Waals surface area contributed by atoms with Gasteiger partial charge < -0.3 is 5.32 Å². The van der Waals surface area contributed by atoms with Crippen LogP contribution < -0.4 is 5.32 Å². The number of hydrogen-bond donors (Lipinski definition) is 1. The maximum atomic E-state index is 13.3. The van der Waals surface area contributed by atoms with Gasteiger partial charge in [0.05, 0.1) is 16.1 Å². The van der Waals surface area contributed by atoms with Crippen LogP contribution in [0.5, 0.6) is 0 Å². The van der Waals surface area contributed by atoms with Crippen LogP contribution in [0.2, 0.25) is 0 Å². The van der Waals surface area contributed by atoms with Crippen LogP contribution in [0.1, 0.15) is 32.1 Å². The Hall–Kier alpha value is -2.29. The molecule has 1 heterocycles. The van der Waals surface area contributed by atoms with Crippen molar-refractivity contribution in [2.24, 2.45) is 0 Å². The average Bonchev–Trinajstić information content (AvgIpc) is 3.21. The second-order valence-corrected chi connectivity index (χ2v) is 10.0. The first kappa shape index (κ1) is 20.0. The van der Waals surface area contributed by atoms with Gasteiger partial charge in [0.15, 0.2) is 0 Å². The van der Waals surface area contributed by atoms with Crippen LogP contribution in [0.3, 0.4) is 0 Å². The van der Waals surface area contributed by atoms with Crippen molar-refractivity contribution in [1.29, 1.82) is 0 Å². The lowest BCUT2D eigenvalue weighted by molar-refractivity contribution is -0.116. The van der Waals surface area contributed by atoms with E-state index in [2.05, 4.69) is 9.69 Å². The SMILES string of the molecule is O=C(CN(C1CCCCC1)S(=O)(=O)c1ccccc1)Nc1ccc2sncc2c1. The molecule has 29 heavy (non-hydrogen) atoms. The number of nitrogens with one attached hydrogen (secondary N) is 1. The third kappa shape index (κ3) is 4.49. The van der Waals surface area contributed by atoms with E-state index in [1.165, 1.54) is 15.8 Å². The van der Waals surface area contributed by atoms with E-state index >= 15 is 0 Å². The Morgan fingerprint density at radius 2 is 1.86 bits per heavy atom. The van der Waals surface area contributed by atoms with Gasteiger partial charge in [-0.2, -0.15) is 8.68 Å². The van der Waals surface area contributed by atoms with E-state index in [4.69, 9.17) is 0 Å². The summed E-state index contributed by atoms with van der Waals surface area (Å²) < 4.78 is 33.2. The lowest BCUT2D eigenvalue weighted by Gasteiger charge is -2.33. The third-order valence-corrected chi connectivity index (χ3v) is 7.96. The zero-order chi connectivity index (χ0) is 20.3. The normalized spacial score (nSPS) is 15.6. The summed E-state index contributed by atoms with van der Waals surface area (Å²) in [5, 5.41) is 3.80. The topological polar surface area (TPSA) is 79.4 Å². The highest BCUT2D eigenvalue weighted by Gasteiger charge is 2.33. The molecule has 152 valence electrons. The van der Waals surface area contributed by atoms with E-state index in [-0.39, 0.29) is 23.4 Å². The van der Waals surface area contributed by atoms with Gasteiger partial charge in [0.2, 0.25) is 15.9 Å². The molecule has 0 bridgehead atoms. The molecule has 4 rings (SSSR count). The molecule has 1 aromatic heterocycles. The minimum atomic E-state index is -3.75. The van der Waals surface area contributed by atoms with Gasteiger partial charge in [0.25, 0.3) is 0 Å². The fraction of sp³-hybridized carbons (Fsp3) is 0.333. The van der Waals surface area contributed by atoms with E-state index in [1.807, 2.05) is 18.2 Å². The minimum absolute atomic E-state index is 0.150. The summed E-state index contributed by atoms with van der Waals surface area (Å²) in [4.78, 5) is 13.0. The van der Waals surface area contributed by atoms with Gasteiger partial charge in [-0.3, -0.25) is 4.79 Å². The van der Waals surface area contributed by atoms with E-state index in [1.54, 1.807) is 36.5 Å². The molecule has 0 unspecified atom stereocenters. The van der Waals surface area contributed by atoms with Crippen molar-refractivity contribution in [2.45, 2.75) is 43.0 Å². The van der Waals surface area contributed by atoms with Gasteiger partial charge >= 0.3 is 0 Å². The zero-order valence-corrected chi connectivity index (χ0v) is 17.6. The van der Waals surface area contributed by atoms with Gasteiger partial charge in [-0.25, -0.2) is 8.42 Å². The molecule has 1 saturated carbocycles. The van der Waals surface area contributed by atoms with E-state index < -0.39 is 10.0 Å². The molecule has 0 aliphatic heterocycles. The van der Waals surface area contributed by atoms with E-state index in [0.717, 1.165) is 42.2 Å². The molecule has 0 radical (unpaired) electrons. The number of nitrogens with zero attached hydrogens (tertiary/aromatic N) is 2. The quantitative estimate of drug-likeness (QED) is 0.635. The van der Waals surface area contributed by atoms with Crippen molar-refractivity contribution in [1.82, 2.24) is 8.68 Å². The number of carbonyl (C=O) groups excluding carboxylic acids is 1. The highest BCUT2D eigenvalue weighted by molar-refractivity contribution is 7.89. The molecular formula is C21H23N3O3S2. The molecule has 1 amide bonds. The number of rotatable bonds is 6. The van der Waals surface area contributed by atoms with Gasteiger partial charge in [0, 0.05) is 23.3 Å². The van der Waals surface area contributed by atoms with Crippen LogP contribution >= 0.6 is 11.5 Å². The Morgan fingerprint density at radius 3 is 2.62 bits per heavy atom. The summed E-state index contributed by atoms with van der Waals surface area (Å²) in [5.41, 5.74) is 0.642. The van der Waals surface area contributed by atoms with Gasteiger partial charge in [-0.15, -0.1) is 0 Å². The highest BCUT2D eigenvalue weighted by atomic mass is 32.2. The lowest BCUT2D eigenvalue weighted by atomic mass is 9.95. The minimum Gasteiger partial charge on any atom is -0.325 e. The molecule has 1 aliphatic rings. The van der Waals surface area contributed by atoms with Crippen LogP contribution in [-0.2, 0) is 14.8 Å². The summed E-state index contributed by atoms with van der Waals surface area (Å²) in [6.45, 7) is -0.193. The van der Waals surface area contributed by atoms with Crippen LogP contribution in [0, 0.1) is 0 Å². The van der Waals surface area contributed by atoms with Gasteiger partial charge in [-0.05, 0) is 54.7 Å². The third-order valence-electron chi connectivity index (χ3n) is 5.27. The number of benzene rings is 2. The molecule has 6 nitrogen and oxygen atoms in total. The van der Waals surface area contributed by atoms with Crippen molar-refractivity contribution >= 4 is 43.2 Å². The van der Waals surface area contributed by atoms with Crippen molar-refractivity contribution in [2.75, 3.05) is 11.9 Å². The Bertz CT molecular complexity index is 1090. The second-order valence-electron chi connectivity index (χ2n) is 7.28. The number of fused-ring (bicyclic) bond motifs is 1. The van der Waals surface area contributed by atoms with Crippen LogP contribution in [-0.4, -0.2) is 35.6 Å². The molecule has 0 atom stereocenters. The molecule has 1 aliphatic carbocycles. The predicted molar refractivity (Wildman–Crippen MR) is 115 cm³/mol. The molecule has 0 spiro atoms. The van der Waals surface area contributed by atoms with Gasteiger partial charge in [-0.1, -0.05) is 37.5 Å². The molecule has 0 saturated heterocycles. The summed E-state index contributed by atoms with van der Waals surface area (Å²) in [6, 6.07) is 13.8. The van der Waals surface area contributed by atoms with Gasteiger partial charge in [0.1, 0.15) is 0 Å². The number of hydrogen-bond acceptors (Lipinski definition) is 5. The predicted octanol–water partition coefficient (Wildman–Crippen LogP) is 4.26. The smallest absolute Gasteiger partial charge is 0.243 e. The lowest BCUT2D eigenvalue weighted by Crippen LogP contribution is -2.45. The van der Waals surface area contributed by atoms with Crippen LogP contribution in [0.15, 0.2) is 59.6 Å². The monoisotopic (exact) mass is 429 g/mol. The summed E-state index contributed by atoms with van der Waals surface area (Å²) >= 11 is 1.40. The number of aromatic nitrogens is 1. The second kappa shape index (κ2) is 8.61. The Labute approximate surface area is 174 Å². The van der Waals surface area contributed by atoms with E-state index in [9.17, 15) is 13.2 Å². The summed E-state index contributed by atoms with van der Waals surface area (Å²) in [6.07, 6.45) is 6.39. The standard InChI is InChI=1S/C21H23N3O3S2/c25-21(23-17-11-12-20-16(13-17)14-22-28-20)15-24(18-7-3-1-4-8-18)29(26,27)19-9-5-2-6-10-19/h2,5-6,9-14,18H,1,3-4,7-8,15H2,(H,23,25). The van der Waals surface area contributed by atoms with Crippen molar-refractivity contribution < 1.29 is 13.2 Å². The maximum absolute atomic E-state index is 13.3. The van der Waals surface area contributed by atoms with Crippen LogP contribution in [0.4, 0.5) is 5.69 Å². The molecule has 8 heteroatoms. The zero-order valence-electron chi connectivity index (χ0n) is 16.0. The number of sulfonamides is 1. The largest absolute Gasteiger partial charge is 0.325 e. The molecule has 2 aromatic carbocycles. The number of amides is 1. The van der Waals surface area contributed by atoms with Crippen molar-refractivity contribution in [3.05, 3.63) is 54.7 Å². The number of anilines is 1. The molecule has 1 N–H and O–H groups in total. The average molecular weight is 430 g/mol. The first-order valence-electron chi connectivity index (χ1n) is 9.75. The maximum Gasteiger partial charge on any atom is 0.243 e. The molecular weight excluding hydrogens is 406 g/mol.